The van der Waals surface area contributed by atoms with Crippen LogP contribution in [-0.4, -0.2) is 30.0 Å². The zero-order valence-electron chi connectivity index (χ0n) is 8.86. The Hall–Kier alpha value is -1.62. The number of pyridine rings is 1. The van der Waals surface area contributed by atoms with Crippen LogP contribution in [0.25, 0.3) is 0 Å². The molecule has 1 spiro atoms. The van der Waals surface area contributed by atoms with E-state index in [4.69, 9.17) is 5.73 Å². The normalized spacial score (nSPS) is 31.4. The lowest BCUT2D eigenvalue weighted by Crippen LogP contribution is -2.36. The van der Waals surface area contributed by atoms with E-state index >= 15 is 0 Å². The van der Waals surface area contributed by atoms with Gasteiger partial charge in [-0.15, -0.1) is 0 Å². The van der Waals surface area contributed by atoms with Crippen molar-refractivity contribution in [1.29, 1.82) is 0 Å². The summed E-state index contributed by atoms with van der Waals surface area (Å²) in [6.45, 7) is 1.64. The van der Waals surface area contributed by atoms with Crippen LogP contribution in [0.2, 0.25) is 0 Å². The summed E-state index contributed by atoms with van der Waals surface area (Å²) in [6, 6.07) is 1.76. The second-order valence-corrected chi connectivity index (χ2v) is 4.60. The summed E-state index contributed by atoms with van der Waals surface area (Å²) in [5.41, 5.74) is 7.65. The number of carbonyl (C=O) groups is 1. The third kappa shape index (κ3) is 1.21. The van der Waals surface area contributed by atoms with Crippen LogP contribution in [0.3, 0.4) is 0 Å². The molecule has 3 rings (SSSR count). The number of amides is 1. The molecule has 16 heavy (non-hydrogen) atoms. The van der Waals surface area contributed by atoms with Crippen molar-refractivity contribution >= 4 is 11.6 Å². The first-order chi connectivity index (χ1) is 7.71. The van der Waals surface area contributed by atoms with Crippen molar-refractivity contribution in [2.75, 3.05) is 18.4 Å². The fourth-order valence-corrected chi connectivity index (χ4v) is 2.73. The number of aromatic nitrogens is 1. The molecule has 0 saturated carbocycles. The van der Waals surface area contributed by atoms with Crippen molar-refractivity contribution in [3.05, 3.63) is 24.0 Å². The summed E-state index contributed by atoms with van der Waals surface area (Å²) >= 11 is 0. The minimum Gasteiger partial charge on any atom is -0.384 e. The number of anilines is 1. The highest BCUT2D eigenvalue weighted by Gasteiger charge is 2.46. The van der Waals surface area contributed by atoms with Crippen LogP contribution in [0.15, 0.2) is 18.5 Å². The van der Waals surface area contributed by atoms with Crippen molar-refractivity contribution in [3.63, 3.8) is 0 Å². The maximum atomic E-state index is 11.2. The quantitative estimate of drug-likeness (QED) is 0.599. The number of primary amides is 1. The van der Waals surface area contributed by atoms with Gasteiger partial charge in [-0.05, 0) is 12.5 Å². The lowest BCUT2D eigenvalue weighted by atomic mass is 9.81. The smallest absolute Gasteiger partial charge is 0.234 e. The molecular formula is C11H14N4O. The molecule has 1 aromatic rings. The highest BCUT2D eigenvalue weighted by Crippen LogP contribution is 2.41. The van der Waals surface area contributed by atoms with Gasteiger partial charge in [0, 0.05) is 42.1 Å². The van der Waals surface area contributed by atoms with Gasteiger partial charge >= 0.3 is 0 Å². The fraction of sp³-hybridized carbons (Fsp3) is 0.455. The van der Waals surface area contributed by atoms with Crippen molar-refractivity contribution < 1.29 is 4.79 Å². The first-order valence-electron chi connectivity index (χ1n) is 5.42. The van der Waals surface area contributed by atoms with Gasteiger partial charge in [-0.1, -0.05) is 0 Å². The molecule has 2 unspecified atom stereocenters. The van der Waals surface area contributed by atoms with Gasteiger partial charge in [-0.25, -0.2) is 0 Å². The molecule has 1 saturated heterocycles. The van der Waals surface area contributed by atoms with Gasteiger partial charge in [-0.2, -0.15) is 0 Å². The number of carbonyl (C=O) groups excluding carboxylic acids is 1. The summed E-state index contributed by atoms with van der Waals surface area (Å²) < 4.78 is 0. The molecule has 5 nitrogen and oxygen atoms in total. The Balaban J connectivity index is 1.95. The van der Waals surface area contributed by atoms with Crippen molar-refractivity contribution in [2.24, 2.45) is 5.73 Å². The number of nitrogens with zero attached hydrogens (tertiary/aromatic N) is 1. The van der Waals surface area contributed by atoms with E-state index < -0.39 is 0 Å². The van der Waals surface area contributed by atoms with Gasteiger partial charge in [0.25, 0.3) is 0 Å². The van der Waals surface area contributed by atoms with Gasteiger partial charge in [-0.3, -0.25) is 9.78 Å². The van der Waals surface area contributed by atoms with E-state index in [-0.39, 0.29) is 17.4 Å². The maximum absolute atomic E-state index is 11.2. The average Bonchev–Trinajstić information content (AvgIpc) is 2.87. The minimum atomic E-state index is -0.269. The molecule has 1 fully saturated rings. The number of rotatable bonds is 1. The van der Waals surface area contributed by atoms with Crippen LogP contribution in [0.4, 0.5) is 5.69 Å². The number of hydrogen-bond donors (Lipinski definition) is 3. The van der Waals surface area contributed by atoms with Gasteiger partial charge in [0.1, 0.15) is 0 Å². The van der Waals surface area contributed by atoms with Gasteiger partial charge in [0.2, 0.25) is 5.91 Å². The van der Waals surface area contributed by atoms with E-state index in [9.17, 15) is 4.79 Å². The predicted molar refractivity (Wildman–Crippen MR) is 60.0 cm³/mol. The van der Waals surface area contributed by atoms with Crippen LogP contribution in [0, 0.1) is 0 Å². The lowest BCUT2D eigenvalue weighted by Gasteiger charge is -2.21. The summed E-state index contributed by atoms with van der Waals surface area (Å²) in [6.07, 6.45) is 4.42. The number of hydrogen-bond acceptors (Lipinski definition) is 4. The Morgan fingerprint density at radius 1 is 1.56 bits per heavy atom. The zero-order chi connectivity index (χ0) is 11.2. The fourth-order valence-electron chi connectivity index (χ4n) is 2.73. The van der Waals surface area contributed by atoms with E-state index in [2.05, 4.69) is 15.6 Å². The molecule has 0 bridgehead atoms. The van der Waals surface area contributed by atoms with Gasteiger partial charge < -0.3 is 16.4 Å². The predicted octanol–water partition coefficient (Wildman–Crippen LogP) is -0.408. The highest BCUT2D eigenvalue weighted by atomic mass is 16.1. The number of fused-ring (bicyclic) bond motifs is 2. The first kappa shape index (κ1) is 9.59. The first-order valence-corrected chi connectivity index (χ1v) is 5.42. The highest BCUT2D eigenvalue weighted by molar-refractivity contribution is 5.81. The topological polar surface area (TPSA) is 80.0 Å². The monoisotopic (exact) mass is 218 g/mol. The molecule has 1 amide bonds. The molecule has 1 aromatic heterocycles. The Labute approximate surface area is 93.4 Å². The molecule has 5 heteroatoms. The Kier molecular flexibility index (Phi) is 1.91. The van der Waals surface area contributed by atoms with Crippen LogP contribution >= 0.6 is 0 Å². The molecule has 4 N–H and O–H groups in total. The molecule has 84 valence electrons. The third-order valence-corrected chi connectivity index (χ3v) is 3.63. The molecule has 0 aromatic carbocycles. The maximum Gasteiger partial charge on any atom is 0.234 e. The molecule has 2 aliphatic heterocycles. The zero-order valence-corrected chi connectivity index (χ0v) is 8.86. The molecular weight excluding hydrogens is 204 g/mol. The standard InChI is InChI=1S/C11H14N4O/c12-10(16)9-3-11(6-15-9)5-14-8-1-2-13-4-7(8)11/h1-2,4,9,14-15H,3,5-6H2,(H2,12,16). The van der Waals surface area contributed by atoms with E-state index in [1.807, 2.05) is 12.3 Å². The van der Waals surface area contributed by atoms with Gasteiger partial charge in [0.15, 0.2) is 0 Å². The summed E-state index contributed by atoms with van der Waals surface area (Å²) in [5.74, 6) is -0.269. The molecule has 0 radical (unpaired) electrons. The third-order valence-electron chi connectivity index (χ3n) is 3.63. The molecule has 2 aliphatic rings. The minimum absolute atomic E-state index is 0.0106. The Bertz CT molecular complexity index is 447. The van der Waals surface area contributed by atoms with Crippen LogP contribution in [-0.2, 0) is 10.2 Å². The number of nitrogens with one attached hydrogen (secondary N) is 2. The van der Waals surface area contributed by atoms with Crippen molar-refractivity contribution in [2.45, 2.75) is 17.9 Å². The Morgan fingerprint density at radius 2 is 2.44 bits per heavy atom. The van der Waals surface area contributed by atoms with E-state index in [1.54, 1.807) is 6.20 Å². The second kappa shape index (κ2) is 3.18. The lowest BCUT2D eigenvalue weighted by molar-refractivity contribution is -0.119. The largest absolute Gasteiger partial charge is 0.384 e. The van der Waals surface area contributed by atoms with Crippen LogP contribution < -0.4 is 16.4 Å². The van der Waals surface area contributed by atoms with E-state index in [0.717, 1.165) is 25.2 Å². The van der Waals surface area contributed by atoms with Crippen molar-refractivity contribution in [1.82, 2.24) is 10.3 Å². The average molecular weight is 218 g/mol. The molecule has 0 aliphatic carbocycles. The van der Waals surface area contributed by atoms with E-state index in [0.29, 0.717) is 0 Å². The van der Waals surface area contributed by atoms with Crippen LogP contribution in [0.5, 0.6) is 0 Å². The molecule has 2 atom stereocenters. The number of nitrogens with two attached hydrogens (primary N) is 1. The SMILES string of the molecule is NC(=O)C1CC2(CNc3ccncc32)CN1. The van der Waals surface area contributed by atoms with Crippen LogP contribution in [0.1, 0.15) is 12.0 Å². The summed E-state index contributed by atoms with van der Waals surface area (Å²) in [4.78, 5) is 15.3. The summed E-state index contributed by atoms with van der Waals surface area (Å²) in [5, 5.41) is 6.55. The summed E-state index contributed by atoms with van der Waals surface area (Å²) in [7, 11) is 0. The van der Waals surface area contributed by atoms with Crippen molar-refractivity contribution in [3.8, 4) is 0 Å². The van der Waals surface area contributed by atoms with Gasteiger partial charge in [0.05, 0.1) is 6.04 Å². The van der Waals surface area contributed by atoms with E-state index in [1.165, 1.54) is 5.56 Å². The Morgan fingerprint density at radius 3 is 3.19 bits per heavy atom. The second-order valence-electron chi connectivity index (χ2n) is 4.60. The molecule has 3 heterocycles.